The van der Waals surface area contributed by atoms with Gasteiger partial charge in [0.05, 0.1) is 5.56 Å². The molecule has 4 heteroatoms. The first-order chi connectivity index (χ1) is 10.3. The third kappa shape index (κ3) is 3.04. The largest absolute Gasteiger partial charge is 0.353 e. The summed E-state index contributed by atoms with van der Waals surface area (Å²) < 4.78 is 0. The number of hydrogen-bond donors (Lipinski definition) is 0. The van der Waals surface area contributed by atoms with E-state index in [1.54, 1.807) is 0 Å². The van der Waals surface area contributed by atoms with E-state index in [2.05, 4.69) is 16.8 Å². The highest BCUT2D eigenvalue weighted by molar-refractivity contribution is 5.99. The minimum atomic E-state index is 0.163. The van der Waals surface area contributed by atoms with Crippen molar-refractivity contribution >= 4 is 11.7 Å². The Labute approximate surface area is 127 Å². The molecular formula is C17H25N3O. The second-order valence-corrected chi connectivity index (χ2v) is 6.27. The number of hydrogen-bond acceptors (Lipinski definition) is 3. The molecule has 0 aliphatic carbocycles. The smallest absolute Gasteiger partial charge is 0.257 e. The number of rotatable bonds is 2. The number of aromatic nitrogens is 1. The van der Waals surface area contributed by atoms with Crippen LogP contribution >= 0.6 is 0 Å². The number of amides is 1. The standard InChI is InChI=1S/C17H25N3O/c1-14-8-3-6-13-20(14)16-15(9-7-10-18-16)17(21)19-11-4-2-5-12-19/h7,9-10,14H,2-6,8,11-13H2,1H3. The average molecular weight is 287 g/mol. The second kappa shape index (κ2) is 6.46. The Bertz CT molecular complexity index is 497. The van der Waals surface area contributed by atoms with Gasteiger partial charge < -0.3 is 9.80 Å². The SMILES string of the molecule is CC1CCCCN1c1ncccc1C(=O)N1CCCCC1. The van der Waals surface area contributed by atoms with E-state index in [9.17, 15) is 4.79 Å². The summed E-state index contributed by atoms with van der Waals surface area (Å²) in [7, 11) is 0. The summed E-state index contributed by atoms with van der Waals surface area (Å²) in [6, 6.07) is 4.30. The number of likely N-dealkylation sites (tertiary alicyclic amines) is 1. The van der Waals surface area contributed by atoms with E-state index in [-0.39, 0.29) is 5.91 Å². The van der Waals surface area contributed by atoms with Crippen molar-refractivity contribution in [2.75, 3.05) is 24.5 Å². The Morgan fingerprint density at radius 3 is 2.67 bits per heavy atom. The van der Waals surface area contributed by atoms with E-state index in [1.807, 2.05) is 23.2 Å². The third-order valence-electron chi connectivity index (χ3n) is 4.74. The van der Waals surface area contributed by atoms with Gasteiger partial charge in [-0.25, -0.2) is 4.98 Å². The first kappa shape index (κ1) is 14.4. The molecule has 1 atom stereocenters. The lowest BCUT2D eigenvalue weighted by atomic mass is 10.0. The maximum atomic E-state index is 12.8. The molecule has 1 unspecified atom stereocenters. The zero-order valence-corrected chi connectivity index (χ0v) is 12.9. The number of anilines is 1. The first-order valence-corrected chi connectivity index (χ1v) is 8.28. The maximum Gasteiger partial charge on any atom is 0.257 e. The minimum absolute atomic E-state index is 0.163. The summed E-state index contributed by atoms with van der Waals surface area (Å²) in [5.41, 5.74) is 0.785. The van der Waals surface area contributed by atoms with Gasteiger partial charge in [-0.15, -0.1) is 0 Å². The van der Waals surface area contributed by atoms with E-state index in [0.29, 0.717) is 6.04 Å². The van der Waals surface area contributed by atoms with Crippen molar-refractivity contribution in [2.24, 2.45) is 0 Å². The number of carbonyl (C=O) groups is 1. The molecule has 0 N–H and O–H groups in total. The molecule has 0 aromatic carbocycles. The molecule has 21 heavy (non-hydrogen) atoms. The zero-order valence-electron chi connectivity index (χ0n) is 12.9. The highest BCUT2D eigenvalue weighted by Gasteiger charge is 2.27. The van der Waals surface area contributed by atoms with E-state index >= 15 is 0 Å². The molecule has 0 saturated carbocycles. The van der Waals surface area contributed by atoms with Gasteiger partial charge in [-0.1, -0.05) is 0 Å². The molecule has 1 amide bonds. The lowest BCUT2D eigenvalue weighted by Crippen LogP contribution is -2.41. The quantitative estimate of drug-likeness (QED) is 0.838. The van der Waals surface area contributed by atoms with Gasteiger partial charge in [-0.2, -0.15) is 0 Å². The van der Waals surface area contributed by atoms with E-state index < -0.39 is 0 Å². The topological polar surface area (TPSA) is 36.4 Å². The molecule has 2 aliphatic rings. The highest BCUT2D eigenvalue weighted by atomic mass is 16.2. The Morgan fingerprint density at radius 1 is 1.14 bits per heavy atom. The van der Waals surface area contributed by atoms with E-state index in [0.717, 1.165) is 43.9 Å². The van der Waals surface area contributed by atoms with Gasteiger partial charge in [-0.3, -0.25) is 4.79 Å². The van der Waals surface area contributed by atoms with Crippen molar-refractivity contribution in [3.05, 3.63) is 23.9 Å². The van der Waals surface area contributed by atoms with Crippen LogP contribution in [0.1, 0.15) is 55.8 Å². The number of carbonyl (C=O) groups excluding carboxylic acids is 1. The minimum Gasteiger partial charge on any atom is -0.353 e. The van der Waals surface area contributed by atoms with E-state index in [1.165, 1.54) is 25.7 Å². The normalized spacial score (nSPS) is 23.2. The van der Waals surface area contributed by atoms with E-state index in [4.69, 9.17) is 0 Å². The summed E-state index contributed by atoms with van der Waals surface area (Å²) in [5.74, 6) is 1.05. The molecule has 2 saturated heterocycles. The fourth-order valence-electron chi connectivity index (χ4n) is 3.47. The number of pyridine rings is 1. The molecule has 4 nitrogen and oxygen atoms in total. The Hall–Kier alpha value is -1.58. The van der Waals surface area contributed by atoms with Gasteiger partial charge in [0, 0.05) is 31.9 Å². The fraction of sp³-hybridized carbons (Fsp3) is 0.647. The van der Waals surface area contributed by atoms with Crippen LogP contribution in [0.4, 0.5) is 5.82 Å². The molecule has 3 heterocycles. The number of nitrogens with zero attached hydrogens (tertiary/aromatic N) is 3. The van der Waals surface area contributed by atoms with Crippen LogP contribution in [-0.4, -0.2) is 41.5 Å². The summed E-state index contributed by atoms with van der Waals surface area (Å²) in [6.45, 7) is 5.03. The lowest BCUT2D eigenvalue weighted by molar-refractivity contribution is 0.0724. The predicted molar refractivity (Wildman–Crippen MR) is 84.7 cm³/mol. The van der Waals surface area contributed by atoms with Crippen LogP contribution in [-0.2, 0) is 0 Å². The van der Waals surface area contributed by atoms with Crippen LogP contribution in [0.2, 0.25) is 0 Å². The first-order valence-electron chi connectivity index (χ1n) is 8.28. The molecule has 0 spiro atoms. The fourth-order valence-corrected chi connectivity index (χ4v) is 3.47. The van der Waals surface area contributed by atoms with Crippen molar-refractivity contribution in [1.82, 2.24) is 9.88 Å². The van der Waals surface area contributed by atoms with Gasteiger partial charge in [0.1, 0.15) is 5.82 Å². The monoisotopic (exact) mass is 287 g/mol. The van der Waals surface area contributed by atoms with Gasteiger partial charge in [0.15, 0.2) is 0 Å². The van der Waals surface area contributed by atoms with Gasteiger partial charge >= 0.3 is 0 Å². The van der Waals surface area contributed by atoms with Crippen LogP contribution in [0.5, 0.6) is 0 Å². The Kier molecular flexibility index (Phi) is 4.42. The van der Waals surface area contributed by atoms with Gasteiger partial charge in [0.2, 0.25) is 0 Å². The van der Waals surface area contributed by atoms with Gasteiger partial charge in [-0.05, 0) is 57.6 Å². The predicted octanol–water partition coefficient (Wildman–Crippen LogP) is 3.09. The van der Waals surface area contributed by atoms with Crippen LogP contribution < -0.4 is 4.90 Å². The summed E-state index contributed by atoms with van der Waals surface area (Å²) in [6.07, 6.45) is 8.96. The van der Waals surface area contributed by atoms with Crippen molar-refractivity contribution in [1.29, 1.82) is 0 Å². The number of piperidine rings is 2. The third-order valence-corrected chi connectivity index (χ3v) is 4.74. The Balaban J connectivity index is 1.86. The molecule has 2 fully saturated rings. The van der Waals surface area contributed by atoms with Crippen molar-refractivity contribution in [3.8, 4) is 0 Å². The zero-order chi connectivity index (χ0) is 14.7. The van der Waals surface area contributed by atoms with Crippen LogP contribution in [0.3, 0.4) is 0 Å². The molecular weight excluding hydrogens is 262 g/mol. The second-order valence-electron chi connectivity index (χ2n) is 6.27. The lowest BCUT2D eigenvalue weighted by Gasteiger charge is -2.36. The molecule has 1 aromatic heterocycles. The van der Waals surface area contributed by atoms with Crippen molar-refractivity contribution < 1.29 is 4.79 Å². The molecule has 114 valence electrons. The van der Waals surface area contributed by atoms with Gasteiger partial charge in [0.25, 0.3) is 5.91 Å². The highest BCUT2D eigenvalue weighted by Crippen LogP contribution is 2.27. The summed E-state index contributed by atoms with van der Waals surface area (Å²) in [4.78, 5) is 21.7. The molecule has 2 aliphatic heterocycles. The average Bonchev–Trinajstić information content (AvgIpc) is 2.55. The van der Waals surface area contributed by atoms with Crippen molar-refractivity contribution in [2.45, 2.75) is 51.5 Å². The maximum absolute atomic E-state index is 12.8. The molecule has 0 radical (unpaired) electrons. The van der Waals surface area contributed by atoms with Crippen LogP contribution in [0.25, 0.3) is 0 Å². The molecule has 0 bridgehead atoms. The Morgan fingerprint density at radius 2 is 1.90 bits per heavy atom. The summed E-state index contributed by atoms with van der Waals surface area (Å²) >= 11 is 0. The van der Waals surface area contributed by atoms with Crippen LogP contribution in [0.15, 0.2) is 18.3 Å². The van der Waals surface area contributed by atoms with Crippen LogP contribution in [0, 0.1) is 0 Å². The molecule has 1 aromatic rings. The molecule has 3 rings (SSSR count). The summed E-state index contributed by atoms with van der Waals surface area (Å²) in [5, 5.41) is 0. The van der Waals surface area contributed by atoms with Crippen molar-refractivity contribution in [3.63, 3.8) is 0 Å².